The van der Waals surface area contributed by atoms with E-state index in [-0.39, 0.29) is 32.2 Å². The van der Waals surface area contributed by atoms with Gasteiger partial charge in [-0.25, -0.2) is 0 Å². The number of nitrogens with zero attached hydrogens (tertiary/aromatic N) is 1. The van der Waals surface area contributed by atoms with Crippen LogP contribution < -0.4 is 5.43 Å². The van der Waals surface area contributed by atoms with Crippen LogP contribution in [0.3, 0.4) is 0 Å². The first-order chi connectivity index (χ1) is 14.2. The largest absolute Gasteiger partial charge is 0.505 e. The van der Waals surface area contributed by atoms with Gasteiger partial charge in [0.15, 0.2) is 0 Å². The van der Waals surface area contributed by atoms with Crippen molar-refractivity contribution in [2.75, 3.05) is 13.7 Å². The highest BCUT2D eigenvalue weighted by atomic mass is 35.5. The van der Waals surface area contributed by atoms with Crippen molar-refractivity contribution in [1.82, 2.24) is 4.57 Å². The van der Waals surface area contributed by atoms with Gasteiger partial charge < -0.3 is 29.6 Å². The first kappa shape index (κ1) is 21.2. The van der Waals surface area contributed by atoms with E-state index in [1.807, 2.05) is 0 Å². The predicted octanol–water partition coefficient (Wildman–Crippen LogP) is 2.28. The van der Waals surface area contributed by atoms with E-state index in [2.05, 4.69) is 0 Å². The number of phenolic OH excluding ortho intramolecular Hbond substituents is 1. The number of aliphatic hydroxyl groups is 3. The fourth-order valence-corrected chi connectivity index (χ4v) is 4.57. The molecule has 0 aliphatic heterocycles. The molecule has 30 heavy (non-hydrogen) atoms. The van der Waals surface area contributed by atoms with E-state index in [4.69, 9.17) is 32.4 Å². The zero-order valence-electron chi connectivity index (χ0n) is 16.0. The monoisotopic (exact) mass is 456 g/mol. The van der Waals surface area contributed by atoms with E-state index in [0.29, 0.717) is 11.1 Å². The molecule has 0 saturated heterocycles. The SMILES string of the molecule is COC1C(CO)=CC(n2c(Cl)cc3c2oc2c(C)cc(Cl)c(O)c2[13c]3=O)C(O)C1O. The maximum Gasteiger partial charge on any atom is 0.213 e. The van der Waals surface area contributed by atoms with Gasteiger partial charge in [-0.1, -0.05) is 29.3 Å². The van der Waals surface area contributed by atoms with Crippen LogP contribution in [0.1, 0.15) is 11.6 Å². The zero-order valence-corrected chi connectivity index (χ0v) is 17.5. The first-order valence-electron chi connectivity index (χ1n) is 9.06. The number of fused-ring (bicyclic) bond motifs is 2. The highest BCUT2D eigenvalue weighted by molar-refractivity contribution is 6.33. The van der Waals surface area contributed by atoms with Crippen LogP contribution in [0.15, 0.2) is 33.0 Å². The Balaban J connectivity index is 2.05. The Hall–Kier alpha value is -2.07. The van der Waals surface area contributed by atoms with Gasteiger partial charge in [-0.15, -0.1) is 0 Å². The number of aliphatic hydroxyl groups excluding tert-OH is 3. The maximum atomic E-state index is 13.1. The summed E-state index contributed by atoms with van der Waals surface area (Å²) in [4.78, 5) is 13.1. The molecular formula is C20H19Cl2NO7. The van der Waals surface area contributed by atoms with Crippen molar-refractivity contribution in [1.29, 1.82) is 0 Å². The molecule has 8 nitrogen and oxygen atoms in total. The van der Waals surface area contributed by atoms with Crippen LogP contribution in [0, 0.1) is 6.92 Å². The molecule has 0 saturated carbocycles. The Morgan fingerprint density at radius 3 is 2.57 bits per heavy atom. The summed E-state index contributed by atoms with van der Waals surface area (Å²) in [5.74, 6) is -0.393. The third-order valence-electron chi connectivity index (χ3n) is 5.50. The normalized spacial score (nSPS) is 24.6. The van der Waals surface area contributed by atoms with Crippen LogP contribution in [0.5, 0.6) is 5.75 Å². The average Bonchev–Trinajstić information content (AvgIpc) is 3.04. The summed E-state index contributed by atoms with van der Waals surface area (Å²) in [6.07, 6.45) is -2.08. The zero-order chi connectivity index (χ0) is 21.9. The van der Waals surface area contributed by atoms with E-state index in [1.165, 1.54) is 29.9 Å². The topological polar surface area (TPSA) is 125 Å². The van der Waals surface area contributed by atoms with Crippen LogP contribution in [0.25, 0.3) is 22.1 Å². The van der Waals surface area contributed by atoms with Crippen LogP contribution in [-0.2, 0) is 4.74 Å². The molecule has 4 atom stereocenters. The van der Waals surface area contributed by atoms with Gasteiger partial charge in [0.05, 0.1) is 23.1 Å². The standard InChI is InChI=1S/C20H19Cl2NO7/c1-7-3-10(21)15(26)13-14(25)9-5-12(22)23(20(9)30-18(7)13)11-4-8(6-24)19(29-2)17(28)16(11)27/h3-5,11,16-17,19,24,26-28H,6H2,1-2H3/i14+1. The molecule has 2 aromatic heterocycles. The minimum atomic E-state index is -1.36. The van der Waals surface area contributed by atoms with Gasteiger partial charge in [0.25, 0.3) is 0 Å². The number of benzene rings is 1. The smallest absolute Gasteiger partial charge is 0.213 e. The third-order valence-corrected chi connectivity index (χ3v) is 6.08. The predicted molar refractivity (Wildman–Crippen MR) is 111 cm³/mol. The van der Waals surface area contributed by atoms with Crippen LogP contribution >= 0.6 is 23.2 Å². The number of aromatic nitrogens is 1. The number of ether oxygens (including phenoxy) is 1. The summed E-state index contributed by atoms with van der Waals surface area (Å²) in [7, 11) is 1.36. The Kier molecular flexibility index (Phi) is 5.34. The summed E-state index contributed by atoms with van der Waals surface area (Å²) in [5.41, 5.74) is 0.496. The molecule has 10 heteroatoms. The van der Waals surface area contributed by atoms with Crippen molar-refractivity contribution in [3.05, 3.63) is 49.7 Å². The van der Waals surface area contributed by atoms with Crippen LogP contribution in [0.2, 0.25) is 10.2 Å². The quantitative estimate of drug-likeness (QED) is 0.445. The van der Waals surface area contributed by atoms with E-state index in [9.17, 15) is 25.2 Å². The Morgan fingerprint density at radius 1 is 1.23 bits per heavy atom. The maximum absolute atomic E-state index is 13.1. The number of aromatic hydroxyl groups is 1. The van der Waals surface area contributed by atoms with E-state index >= 15 is 0 Å². The van der Waals surface area contributed by atoms with Crippen molar-refractivity contribution >= 4 is 45.3 Å². The van der Waals surface area contributed by atoms with Crippen LogP contribution in [-0.4, -0.2) is 57.0 Å². The van der Waals surface area contributed by atoms with Crippen molar-refractivity contribution in [3.63, 3.8) is 0 Å². The lowest BCUT2D eigenvalue weighted by Crippen LogP contribution is -2.48. The number of aryl methyl sites for hydroxylation is 1. The molecule has 1 aliphatic carbocycles. The summed E-state index contributed by atoms with van der Waals surface area (Å²) in [6.45, 7) is 1.26. The molecule has 0 amide bonds. The second-order valence-corrected chi connectivity index (χ2v) is 8.04. The van der Waals surface area contributed by atoms with Crippen molar-refractivity contribution < 1.29 is 29.6 Å². The molecule has 4 unspecified atom stereocenters. The number of phenols is 1. The molecule has 1 aliphatic rings. The summed E-state index contributed by atoms with van der Waals surface area (Å²) in [6, 6.07) is 1.88. The highest BCUT2D eigenvalue weighted by Crippen LogP contribution is 2.39. The summed E-state index contributed by atoms with van der Waals surface area (Å²) >= 11 is 12.4. The van der Waals surface area contributed by atoms with Gasteiger partial charge in [0.1, 0.15) is 40.2 Å². The fraction of sp³-hybridized carbons (Fsp3) is 0.350. The lowest BCUT2D eigenvalue weighted by Gasteiger charge is -2.36. The number of methoxy groups -OCH3 is 1. The van der Waals surface area contributed by atoms with Gasteiger partial charge >= 0.3 is 0 Å². The highest BCUT2D eigenvalue weighted by Gasteiger charge is 2.40. The van der Waals surface area contributed by atoms with Gasteiger partial charge in [0, 0.05) is 7.11 Å². The second-order valence-electron chi connectivity index (χ2n) is 7.24. The molecule has 2 heterocycles. The molecule has 4 rings (SSSR count). The van der Waals surface area contributed by atoms with Gasteiger partial charge in [-0.3, -0.25) is 9.36 Å². The van der Waals surface area contributed by atoms with E-state index in [0.717, 1.165) is 0 Å². The first-order valence-corrected chi connectivity index (χ1v) is 9.82. The Morgan fingerprint density at radius 2 is 1.93 bits per heavy atom. The molecule has 3 aromatic rings. The fourth-order valence-electron chi connectivity index (χ4n) is 4.02. The molecule has 0 radical (unpaired) electrons. The summed E-state index contributed by atoms with van der Waals surface area (Å²) in [5, 5.41) is 41.2. The molecule has 0 bridgehead atoms. The molecular weight excluding hydrogens is 438 g/mol. The van der Waals surface area contributed by atoms with Crippen molar-refractivity contribution in [3.8, 4) is 5.75 Å². The molecule has 160 valence electrons. The number of halogens is 2. The molecule has 1 aromatic carbocycles. The third kappa shape index (κ3) is 2.95. The van der Waals surface area contributed by atoms with Gasteiger partial charge in [0.2, 0.25) is 11.1 Å². The Labute approximate surface area is 180 Å². The van der Waals surface area contributed by atoms with E-state index in [1.54, 1.807) is 6.92 Å². The number of hydrogen-bond donors (Lipinski definition) is 4. The lowest BCUT2D eigenvalue weighted by molar-refractivity contribution is -0.0827. The van der Waals surface area contributed by atoms with Gasteiger partial charge in [-0.2, -0.15) is 0 Å². The number of rotatable bonds is 3. The number of hydrogen-bond acceptors (Lipinski definition) is 7. The molecule has 0 spiro atoms. The molecule has 0 fully saturated rings. The Bertz CT molecular complexity index is 1250. The van der Waals surface area contributed by atoms with Gasteiger partial charge in [-0.05, 0) is 30.2 Å². The van der Waals surface area contributed by atoms with Crippen molar-refractivity contribution in [2.45, 2.75) is 31.3 Å². The average molecular weight is 457 g/mol. The van der Waals surface area contributed by atoms with E-state index < -0.39 is 42.1 Å². The summed E-state index contributed by atoms with van der Waals surface area (Å²) < 4.78 is 12.5. The second kappa shape index (κ2) is 7.56. The van der Waals surface area contributed by atoms with Crippen molar-refractivity contribution in [2.24, 2.45) is 0 Å². The lowest BCUT2D eigenvalue weighted by atomic mass is 9.88. The minimum absolute atomic E-state index is 0.0177. The van der Waals surface area contributed by atoms with Crippen LogP contribution in [0.4, 0.5) is 0 Å². The molecule has 4 N–H and O–H groups in total. The minimum Gasteiger partial charge on any atom is -0.505 e.